The van der Waals surface area contributed by atoms with Gasteiger partial charge >= 0.3 is 40.6 Å². The number of amides is 2. The molecule has 13 aliphatic carbocycles. The van der Waals surface area contributed by atoms with E-state index >= 15 is 0 Å². The van der Waals surface area contributed by atoms with Crippen LogP contribution in [0, 0.1) is 75.4 Å². The number of halogens is 4. The second-order valence-electron chi connectivity index (χ2n) is 41.4. The first-order chi connectivity index (χ1) is 59.0. The molecule has 698 valence electrons. The van der Waals surface area contributed by atoms with E-state index in [1.54, 1.807) is 7.05 Å². The number of likely N-dealkylation sites (N-methyl/N-ethyl adjacent to an activating group) is 1. The molecule has 6 bridgehead atoms. The van der Waals surface area contributed by atoms with Crippen LogP contribution in [0.3, 0.4) is 0 Å². The van der Waals surface area contributed by atoms with E-state index in [4.69, 9.17) is 54.4 Å². The van der Waals surface area contributed by atoms with Gasteiger partial charge in [0.05, 0.1) is 53.2 Å². The van der Waals surface area contributed by atoms with Crippen LogP contribution in [0.2, 0.25) is 17.5 Å². The maximum atomic E-state index is 13.5. The number of ketones is 3. The molecule has 4 aromatic carbocycles. The summed E-state index contributed by atoms with van der Waals surface area (Å²) >= 11 is 0. The number of carboxylic acids is 2. The average molecular weight is 1780 g/mol. The van der Waals surface area contributed by atoms with Crippen molar-refractivity contribution in [1.29, 1.82) is 0 Å². The molecule has 0 radical (unpaired) electrons. The summed E-state index contributed by atoms with van der Waals surface area (Å²) in [6.07, 6.45) is 19.1. The lowest BCUT2D eigenvalue weighted by Gasteiger charge is -2.64. The third-order valence-electron chi connectivity index (χ3n) is 31.1. The molecule has 3 aliphatic heterocycles. The summed E-state index contributed by atoms with van der Waals surface area (Å²) in [6, 6.07) is 36.9. The Hall–Kier alpha value is -6.33. The molecule has 30 heteroatoms. The molecule has 10 N–H and O–H groups in total. The molecule has 4 unspecified atom stereocenters. The number of aliphatic carboxylic acids is 2. The highest BCUT2D eigenvalue weighted by Crippen LogP contribution is 2.69. The van der Waals surface area contributed by atoms with E-state index in [-0.39, 0.29) is 129 Å². The van der Waals surface area contributed by atoms with Gasteiger partial charge in [-0.05, 0) is 215 Å². The number of hydrogen-bond acceptors (Lipinski definition) is 19. The number of nitrogens with one attached hydrogen (secondary N) is 3. The standard InChI is InChI=1S/C27H38BNO4.C25H36BNO3.C17H24BNO4.C15H26BNO2.C10H13NO2.C2HF3O2.CH4.ClH/c1-17(30)29-22(13-18-8-6-5-7-9-18)23(31)16-21(12-19-10-11-19)28-32-25-15-20-14-24(26(20,2)3)27(25,4)33-28;1-24(2)18-13-22(24)25(3)23(14-18)29-26(30-25)19(11-17-9-10-17)15-21(28)20(27)12-16-7-5-4-6-8-16;1-12(20)19-16(10-13-5-3-2-4-6-13)17(21)11-15(18(22)23)9-14-7-8-14;1-14(2)10-7-11(14)15(3)12(8-10)18-16(19-15)13(17)6-9-4-5-9;1-11-9(10(12)13)7-8-5-3-2-4-6-8;3-2(4,5)1(6)7;;/h5-9,19-22,24-25H,10-16H2,1-4H3,(H,29,30);4-8,17-20,22-23H,9-15,27H2,1-3H3;2-6,14-16,22-23H,7-11H2,1H3,(H,19,20);9-13H,4-8,17H2,1-3H3;2-6,9,11H,7H2,1H3,(H,12,13);(H,6,7);1H4;1H/p-2/t20-,21+,22?,24-,25+,27-;18-,19+,20?,22-,23+,25-;15-,16?;10-,11-,12+,13-,15-;;;;/m0010..../s1. The van der Waals surface area contributed by atoms with Crippen LogP contribution >= 0.6 is 0 Å². The van der Waals surface area contributed by atoms with E-state index in [9.17, 15) is 52.0 Å². The number of Topliss-reactive ketones (excluding diaryl/α,β-unsaturated/α-hetero) is 3. The van der Waals surface area contributed by atoms with Crippen LogP contribution < -0.4 is 44.9 Å². The fourth-order valence-corrected chi connectivity index (χ4v) is 22.4. The zero-order valence-corrected chi connectivity index (χ0v) is 76.6. The van der Waals surface area contributed by atoms with Gasteiger partial charge in [-0.3, -0.25) is 28.8 Å². The van der Waals surface area contributed by atoms with Crippen molar-refractivity contribution < 1.29 is 107 Å². The molecule has 127 heavy (non-hydrogen) atoms. The number of carbonyl (C=O) groups excluding carboxylic acids is 6. The first kappa shape index (κ1) is 103. The van der Waals surface area contributed by atoms with Gasteiger partial charge in [0.1, 0.15) is 17.8 Å². The van der Waals surface area contributed by atoms with E-state index in [0.29, 0.717) is 96.7 Å². The molecule has 16 aliphatic rings. The molecule has 4 aromatic rings. The zero-order chi connectivity index (χ0) is 90.5. The van der Waals surface area contributed by atoms with Gasteiger partial charge in [0.25, 0.3) is 0 Å². The number of alkyl halides is 3. The second-order valence-corrected chi connectivity index (χ2v) is 41.4. The van der Waals surface area contributed by atoms with E-state index in [1.807, 2.05) is 121 Å². The van der Waals surface area contributed by atoms with E-state index in [2.05, 4.69) is 78.3 Å². The van der Waals surface area contributed by atoms with Crippen LogP contribution in [0.5, 0.6) is 0 Å². The Labute approximate surface area is 759 Å². The minimum Gasteiger partial charge on any atom is -1.00 e. The summed E-state index contributed by atoms with van der Waals surface area (Å²) in [6.45, 7) is 23.9. The molecule has 20 atom stereocenters. The molecule has 3 saturated heterocycles. The third-order valence-corrected chi connectivity index (χ3v) is 31.1. The van der Waals surface area contributed by atoms with Crippen LogP contribution in [0.4, 0.5) is 13.2 Å². The summed E-state index contributed by atoms with van der Waals surface area (Å²) in [5.74, 6) is 2.30. The highest BCUT2D eigenvalue weighted by Gasteiger charge is 2.71. The molecule has 13 saturated carbocycles. The number of hydrogen-bond donors (Lipinski definition) is 8. The molecular weight excluding hydrogens is 1640 g/mol. The summed E-state index contributed by atoms with van der Waals surface area (Å²) < 4.78 is 70.7. The van der Waals surface area contributed by atoms with Gasteiger partial charge in [-0.2, -0.15) is 13.2 Å². The second kappa shape index (κ2) is 43.1. The Morgan fingerprint density at radius 2 is 0.772 bits per heavy atom. The molecular formula is C97H141B4ClF3N5O17-2. The highest BCUT2D eigenvalue weighted by molar-refractivity contribution is 6.48. The number of carbonyl (C=O) groups is 7. The lowest BCUT2D eigenvalue weighted by molar-refractivity contribution is -0.344. The minimum atomic E-state index is -5.19. The van der Waals surface area contributed by atoms with Crippen molar-refractivity contribution in [2.45, 2.75) is 333 Å². The van der Waals surface area contributed by atoms with Crippen LogP contribution in [0.1, 0.15) is 241 Å². The van der Waals surface area contributed by atoms with Crippen molar-refractivity contribution in [3.05, 3.63) is 144 Å². The molecule has 3 heterocycles. The molecule has 0 spiro atoms. The Morgan fingerprint density at radius 3 is 1.08 bits per heavy atom. The Bertz CT molecular complexity index is 4290. The predicted octanol–water partition coefficient (Wildman–Crippen LogP) is 10.6. The number of nitrogens with two attached hydrogens (primary N) is 2. The lowest BCUT2D eigenvalue weighted by atomic mass is 9.43. The SMILES string of the molecule is C.CC(=O)NC(Cc1ccccc1)C(=O)C[C@@H](CC1CC1)B(O)O.CC(=O)NC(Cc1ccccc1)C(=O)C[C@@H](CC1CC1)B1O[C@@H]2C[C@@H]3C[C@@H](C3(C)C)[C@]2(C)O1.CC1(C)[C@@H]2C[C@H]3OB([C@@H](CC(=O)C(N)Cc4ccccc4)CC4CC4)O[C@@]3(C)[C@H]1C2.CC1(C)[C@@H]2C[C@H]3OB([C@@H](N)CC4CC4)O[C@@]3(C)[C@H]1C2.CNC(Cc1ccccc1)C(=O)O.O=C([O-])C(F)(F)F.[Cl-]. The first-order valence-electron chi connectivity index (χ1n) is 46.3. The predicted molar refractivity (Wildman–Crippen MR) is 480 cm³/mol. The Morgan fingerprint density at radius 1 is 0.472 bits per heavy atom. The summed E-state index contributed by atoms with van der Waals surface area (Å²) in [7, 11) is -0.583. The van der Waals surface area contributed by atoms with Crippen molar-refractivity contribution in [2.24, 2.45) is 86.9 Å². The zero-order valence-electron chi connectivity index (χ0n) is 75.9. The van der Waals surface area contributed by atoms with Gasteiger partial charge in [-0.15, -0.1) is 0 Å². The number of rotatable bonds is 33. The topological polar surface area (TPSA) is 347 Å². The van der Waals surface area contributed by atoms with Crippen LogP contribution in [0.25, 0.3) is 0 Å². The smallest absolute Gasteiger partial charge is 0.475 e. The minimum absolute atomic E-state index is 0. The van der Waals surface area contributed by atoms with Crippen molar-refractivity contribution in [2.75, 3.05) is 7.05 Å². The monoisotopic (exact) mass is 1780 g/mol. The maximum Gasteiger partial charge on any atom is 0.475 e. The van der Waals surface area contributed by atoms with Gasteiger partial charge in [-0.1, -0.05) is 222 Å². The van der Waals surface area contributed by atoms with E-state index in [0.717, 1.165) is 97.3 Å². The average Bonchev–Trinajstić information content (AvgIpc) is 1.55. The molecule has 20 rings (SSSR count). The lowest BCUT2D eigenvalue weighted by Crippen LogP contribution is -3.00. The maximum absolute atomic E-state index is 13.5. The van der Waals surface area contributed by atoms with Crippen LogP contribution in [0.15, 0.2) is 121 Å². The molecule has 22 nitrogen and oxygen atoms in total. The largest absolute Gasteiger partial charge is 1.00 e. The fraction of sp³-hybridized carbons (Fsp3) is 0.680. The Kier molecular flexibility index (Phi) is 34.9. The summed E-state index contributed by atoms with van der Waals surface area (Å²) in [5.41, 5.74) is 17.3. The van der Waals surface area contributed by atoms with Crippen molar-refractivity contribution in [3.63, 3.8) is 0 Å². The number of benzene rings is 4. The van der Waals surface area contributed by atoms with Crippen molar-refractivity contribution in [1.82, 2.24) is 16.0 Å². The van der Waals surface area contributed by atoms with Gasteiger partial charge in [0.2, 0.25) is 11.8 Å². The van der Waals surface area contributed by atoms with Crippen molar-refractivity contribution in [3.8, 4) is 0 Å². The van der Waals surface area contributed by atoms with Gasteiger partial charge in [0, 0.05) is 56.5 Å². The molecule has 0 aromatic heterocycles. The molecule has 2 amide bonds. The number of carboxylic acid groups (broad SMARTS) is 2. The first-order valence-corrected chi connectivity index (χ1v) is 46.3. The van der Waals surface area contributed by atoms with Crippen LogP contribution in [-0.2, 0) is 87.2 Å². The van der Waals surface area contributed by atoms with Gasteiger partial charge < -0.3 is 92.8 Å². The van der Waals surface area contributed by atoms with Crippen LogP contribution in [-0.4, -0.2) is 163 Å². The van der Waals surface area contributed by atoms with Crippen molar-refractivity contribution >= 4 is 69.6 Å². The Balaban J connectivity index is 0.000000166. The van der Waals surface area contributed by atoms with E-state index in [1.165, 1.54) is 71.6 Å². The van der Waals surface area contributed by atoms with E-state index < -0.39 is 55.2 Å². The van der Waals surface area contributed by atoms with Gasteiger partial charge in [0.15, 0.2) is 11.6 Å². The highest BCUT2D eigenvalue weighted by atomic mass is 35.5. The molecule has 16 fully saturated rings. The summed E-state index contributed by atoms with van der Waals surface area (Å²) in [5, 5.41) is 44.9. The summed E-state index contributed by atoms with van der Waals surface area (Å²) in [4.78, 5) is 81.8. The fourth-order valence-electron chi connectivity index (χ4n) is 22.4. The third kappa shape index (κ3) is 26.0. The van der Waals surface area contributed by atoms with Gasteiger partial charge in [-0.25, -0.2) is 0 Å². The normalized spacial score (nSPS) is 29.4. The quantitative estimate of drug-likeness (QED) is 0.0205.